The molecule has 0 aliphatic carbocycles. The maximum absolute atomic E-state index is 12.9. The third kappa shape index (κ3) is 5.90. The minimum Gasteiger partial charge on any atom is -0.480 e. The summed E-state index contributed by atoms with van der Waals surface area (Å²) in [4.78, 5) is 51.6. The molecule has 1 atom stereocenters. The zero-order valence-corrected chi connectivity index (χ0v) is 22.8. The van der Waals surface area contributed by atoms with Crippen molar-refractivity contribution in [3.05, 3.63) is 92.5 Å². The third-order valence-electron chi connectivity index (χ3n) is 5.93. The van der Waals surface area contributed by atoms with Crippen LogP contribution < -0.4 is 14.9 Å². The number of halogens is 2. The minimum atomic E-state index is -3.63. The van der Waals surface area contributed by atoms with Crippen molar-refractivity contribution >= 4 is 68.3 Å². The van der Waals surface area contributed by atoms with Gasteiger partial charge in [-0.1, -0.05) is 47.5 Å². The number of hydrogen-bond acceptors (Lipinski definition) is 6. The quantitative estimate of drug-likeness (QED) is 0.337. The fourth-order valence-corrected chi connectivity index (χ4v) is 5.40. The van der Waals surface area contributed by atoms with Crippen molar-refractivity contribution in [1.82, 2.24) is 5.32 Å². The lowest BCUT2D eigenvalue weighted by atomic mass is 10.0. The smallest absolute Gasteiger partial charge is 0.326 e. The van der Waals surface area contributed by atoms with Crippen molar-refractivity contribution in [2.24, 2.45) is 0 Å². The number of sulfonamides is 1. The van der Waals surface area contributed by atoms with Crippen LogP contribution in [0.1, 0.15) is 42.2 Å². The zero-order chi connectivity index (χ0) is 28.6. The van der Waals surface area contributed by atoms with Crippen molar-refractivity contribution in [3.8, 4) is 0 Å². The van der Waals surface area contributed by atoms with E-state index in [0.717, 1.165) is 11.2 Å². The Bertz CT molecular complexity index is 1620. The molecule has 10 nitrogen and oxygen atoms in total. The summed E-state index contributed by atoms with van der Waals surface area (Å²) in [5.74, 6) is -3.09. The summed E-state index contributed by atoms with van der Waals surface area (Å²) in [6, 6.07) is 12.2. The number of nitrogens with zero attached hydrogens (tertiary/aromatic N) is 1. The lowest BCUT2D eigenvalue weighted by Gasteiger charge is -2.18. The first-order valence-corrected chi connectivity index (χ1v) is 14.0. The van der Waals surface area contributed by atoms with Crippen LogP contribution in [-0.2, 0) is 21.2 Å². The fraction of sp³-hybridized carbons (Fsp3) is 0.154. The molecule has 3 N–H and O–H groups in total. The van der Waals surface area contributed by atoms with Crippen LogP contribution in [0.15, 0.2) is 54.6 Å². The molecule has 3 aromatic carbocycles. The molecule has 3 amide bonds. The van der Waals surface area contributed by atoms with Crippen molar-refractivity contribution in [2.75, 3.05) is 15.9 Å². The molecule has 0 radical (unpaired) electrons. The van der Waals surface area contributed by atoms with E-state index in [0.29, 0.717) is 27.9 Å². The van der Waals surface area contributed by atoms with E-state index >= 15 is 0 Å². The van der Waals surface area contributed by atoms with E-state index in [9.17, 15) is 32.7 Å². The maximum atomic E-state index is 12.9. The highest BCUT2D eigenvalue weighted by Crippen LogP contribution is 2.31. The number of fused-ring (bicyclic) bond motifs is 1. The first-order valence-electron chi connectivity index (χ1n) is 11.3. The molecule has 0 saturated heterocycles. The van der Waals surface area contributed by atoms with Crippen molar-refractivity contribution in [1.29, 1.82) is 0 Å². The van der Waals surface area contributed by atoms with E-state index in [1.54, 1.807) is 37.3 Å². The van der Waals surface area contributed by atoms with Crippen LogP contribution in [-0.4, -0.2) is 49.5 Å². The molecule has 0 aromatic heterocycles. The number of carboxylic acids is 1. The third-order valence-corrected chi connectivity index (χ3v) is 7.14. The number of benzene rings is 3. The van der Waals surface area contributed by atoms with Crippen molar-refractivity contribution < 1.29 is 32.7 Å². The number of imide groups is 1. The molecule has 0 spiro atoms. The van der Waals surface area contributed by atoms with Crippen LogP contribution in [0.4, 0.5) is 11.4 Å². The number of hydrogen-bond donors (Lipinski definition) is 3. The Labute approximate surface area is 233 Å². The van der Waals surface area contributed by atoms with E-state index in [1.807, 2.05) is 0 Å². The Morgan fingerprint density at radius 2 is 1.62 bits per heavy atom. The largest absolute Gasteiger partial charge is 0.480 e. The van der Waals surface area contributed by atoms with Gasteiger partial charge >= 0.3 is 5.97 Å². The van der Waals surface area contributed by atoms with Crippen LogP contribution in [0.25, 0.3) is 0 Å². The standard InChI is InChI=1S/C26H21Cl2N3O7S/c1-13-4-3-5-17-21(13)25(34)31(24(17)33)16-8-6-14(7-9-16)10-20(26(35)36)29-23(32)22-18(27)11-15(12-19(22)28)30-39(2,37)38/h3-9,11-12,20,30H,10H2,1-2H3,(H,29,32)(H,35,36). The molecule has 3 aromatic rings. The van der Waals surface area contributed by atoms with Gasteiger partial charge in [-0.3, -0.25) is 19.1 Å². The van der Waals surface area contributed by atoms with Gasteiger partial charge in [0, 0.05) is 6.42 Å². The number of anilines is 2. The van der Waals surface area contributed by atoms with Gasteiger partial charge < -0.3 is 10.4 Å². The van der Waals surface area contributed by atoms with Gasteiger partial charge in [-0.25, -0.2) is 18.1 Å². The summed E-state index contributed by atoms with van der Waals surface area (Å²) in [5, 5.41) is 11.7. The number of nitrogens with one attached hydrogen (secondary N) is 2. The van der Waals surface area contributed by atoms with Gasteiger partial charge in [-0.05, 0) is 48.4 Å². The summed E-state index contributed by atoms with van der Waals surface area (Å²) in [7, 11) is -3.63. The summed E-state index contributed by atoms with van der Waals surface area (Å²) in [6.45, 7) is 1.75. The van der Waals surface area contributed by atoms with E-state index in [-0.39, 0.29) is 27.7 Å². The van der Waals surface area contributed by atoms with Crippen molar-refractivity contribution in [3.63, 3.8) is 0 Å². The monoisotopic (exact) mass is 589 g/mol. The highest BCUT2D eigenvalue weighted by atomic mass is 35.5. The van der Waals surface area contributed by atoms with Gasteiger partial charge in [0.25, 0.3) is 17.7 Å². The molecule has 1 heterocycles. The Hall–Kier alpha value is -3.93. The molecule has 1 aliphatic rings. The highest BCUT2D eigenvalue weighted by Gasteiger charge is 2.37. The fourth-order valence-electron chi connectivity index (χ4n) is 4.20. The average molecular weight is 590 g/mol. The average Bonchev–Trinajstić information content (AvgIpc) is 3.08. The number of aryl methyl sites for hydroxylation is 1. The summed E-state index contributed by atoms with van der Waals surface area (Å²) < 4.78 is 25.1. The van der Waals surface area contributed by atoms with Gasteiger partial charge in [0.15, 0.2) is 0 Å². The van der Waals surface area contributed by atoms with Gasteiger partial charge in [-0.15, -0.1) is 0 Å². The molecule has 13 heteroatoms. The van der Waals surface area contributed by atoms with E-state index in [2.05, 4.69) is 10.0 Å². The molecule has 1 unspecified atom stereocenters. The van der Waals surface area contributed by atoms with Gasteiger partial charge in [-0.2, -0.15) is 0 Å². The predicted octanol–water partition coefficient (Wildman–Crippen LogP) is 3.90. The van der Waals surface area contributed by atoms with Gasteiger partial charge in [0.1, 0.15) is 6.04 Å². The van der Waals surface area contributed by atoms with Crippen molar-refractivity contribution in [2.45, 2.75) is 19.4 Å². The van der Waals surface area contributed by atoms with Crippen LogP contribution >= 0.6 is 23.2 Å². The van der Waals surface area contributed by atoms with Crippen LogP contribution in [0.5, 0.6) is 0 Å². The van der Waals surface area contributed by atoms with E-state index < -0.39 is 39.8 Å². The Kier molecular flexibility index (Phi) is 7.69. The molecule has 4 rings (SSSR count). The van der Waals surface area contributed by atoms with Crippen LogP contribution in [0.3, 0.4) is 0 Å². The lowest BCUT2D eigenvalue weighted by molar-refractivity contribution is -0.139. The SMILES string of the molecule is Cc1cccc2c1C(=O)N(c1ccc(CC(NC(=O)c3c(Cl)cc(NS(C)(=O)=O)cc3Cl)C(=O)O)cc1)C2=O. The maximum Gasteiger partial charge on any atom is 0.326 e. The summed E-state index contributed by atoms with van der Waals surface area (Å²) >= 11 is 12.3. The molecule has 0 fully saturated rings. The summed E-state index contributed by atoms with van der Waals surface area (Å²) in [5.41, 5.74) is 1.98. The lowest BCUT2D eigenvalue weighted by Crippen LogP contribution is -2.42. The van der Waals surface area contributed by atoms with E-state index in [1.165, 1.54) is 24.3 Å². The molecule has 202 valence electrons. The number of carboxylic acid groups (broad SMARTS) is 1. The first-order chi connectivity index (χ1) is 18.3. The van der Waals surface area contributed by atoms with E-state index in [4.69, 9.17) is 23.2 Å². The Morgan fingerprint density at radius 3 is 2.15 bits per heavy atom. The van der Waals surface area contributed by atoms with Gasteiger partial charge in [0.05, 0.1) is 44.4 Å². The number of aliphatic carboxylic acids is 1. The van der Waals surface area contributed by atoms with Gasteiger partial charge in [0.2, 0.25) is 10.0 Å². The number of carbonyl (C=O) groups is 4. The number of amides is 3. The zero-order valence-electron chi connectivity index (χ0n) is 20.5. The van der Waals surface area contributed by atoms with Crippen LogP contribution in [0, 0.1) is 6.92 Å². The molecule has 39 heavy (non-hydrogen) atoms. The molecule has 0 saturated carbocycles. The Morgan fingerprint density at radius 1 is 1.00 bits per heavy atom. The predicted molar refractivity (Wildman–Crippen MR) is 146 cm³/mol. The summed E-state index contributed by atoms with van der Waals surface area (Å²) in [6.07, 6.45) is 0.797. The molecular formula is C26H21Cl2N3O7S. The Balaban J connectivity index is 1.50. The number of rotatable bonds is 8. The molecule has 0 bridgehead atoms. The number of carbonyl (C=O) groups excluding carboxylic acids is 3. The first kappa shape index (κ1) is 28.1. The molecule has 1 aliphatic heterocycles. The topological polar surface area (TPSA) is 150 Å². The minimum absolute atomic E-state index is 0.0344. The second-order valence-corrected chi connectivity index (χ2v) is 11.4. The second-order valence-electron chi connectivity index (χ2n) is 8.87. The highest BCUT2D eigenvalue weighted by molar-refractivity contribution is 7.92. The normalized spacial score (nSPS) is 13.7. The molecular weight excluding hydrogens is 569 g/mol. The van der Waals surface area contributed by atoms with Crippen LogP contribution in [0.2, 0.25) is 10.0 Å². The second kappa shape index (κ2) is 10.7.